The van der Waals surface area contributed by atoms with Crippen LogP contribution in [0.4, 0.5) is 10.5 Å². The van der Waals surface area contributed by atoms with Crippen molar-refractivity contribution >= 4 is 23.6 Å². The molecule has 1 saturated heterocycles. The lowest BCUT2D eigenvalue weighted by Gasteiger charge is -2.16. The van der Waals surface area contributed by atoms with Gasteiger partial charge in [0.2, 0.25) is 0 Å². The Labute approximate surface area is 109 Å². The number of aliphatic carboxylic acids is 1. The number of carboxylic acids is 1. The quantitative estimate of drug-likeness (QED) is 0.744. The minimum Gasteiger partial charge on any atom is -0.480 e. The predicted octanol–water partition coefficient (Wildman–Crippen LogP) is -0.00150. The van der Waals surface area contributed by atoms with Crippen LogP contribution in [-0.4, -0.2) is 41.0 Å². The molecule has 2 rings (SSSR count). The van der Waals surface area contributed by atoms with E-state index in [9.17, 15) is 14.4 Å². The second-order valence-electron chi connectivity index (χ2n) is 4.14. The number of carboxylic acid groups (broad SMARTS) is 1. The van der Waals surface area contributed by atoms with Gasteiger partial charge in [0, 0.05) is 6.54 Å². The highest BCUT2D eigenvalue weighted by atomic mass is 16.4. The average molecular weight is 263 g/mol. The van der Waals surface area contributed by atoms with Crippen LogP contribution in [0.5, 0.6) is 0 Å². The van der Waals surface area contributed by atoms with Crippen molar-refractivity contribution in [2.75, 3.05) is 18.0 Å². The lowest BCUT2D eigenvalue weighted by molar-refractivity contribution is -0.137. The number of anilines is 1. The van der Waals surface area contributed by atoms with Crippen molar-refractivity contribution in [1.29, 1.82) is 0 Å². The second-order valence-corrected chi connectivity index (χ2v) is 4.14. The number of hydrogen-bond acceptors (Lipinski definition) is 4. The summed E-state index contributed by atoms with van der Waals surface area (Å²) in [6, 6.07) is 6.10. The maximum Gasteiger partial charge on any atom is 0.332 e. The van der Waals surface area contributed by atoms with E-state index in [1.807, 2.05) is 0 Å². The molecule has 0 unspecified atom stereocenters. The zero-order chi connectivity index (χ0) is 14.0. The Bertz CT molecular complexity index is 544. The standard InChI is InChI=1S/C12H13N3O4/c13-5-8-2-1-3-9(4-8)15-10(16)6-14(12(15)19)7-11(17)18/h1-4H,5-7,13H2,(H,17,18). The molecule has 19 heavy (non-hydrogen) atoms. The summed E-state index contributed by atoms with van der Waals surface area (Å²) in [6.07, 6.45) is 0. The molecule has 0 saturated carbocycles. The molecular weight excluding hydrogens is 250 g/mol. The molecule has 0 bridgehead atoms. The van der Waals surface area contributed by atoms with Crippen LogP contribution in [0.15, 0.2) is 24.3 Å². The van der Waals surface area contributed by atoms with Crippen LogP contribution in [0.1, 0.15) is 5.56 Å². The first kappa shape index (κ1) is 13.0. The van der Waals surface area contributed by atoms with E-state index in [-0.39, 0.29) is 6.54 Å². The Balaban J connectivity index is 2.26. The van der Waals surface area contributed by atoms with Gasteiger partial charge in [-0.2, -0.15) is 0 Å². The van der Waals surface area contributed by atoms with E-state index < -0.39 is 24.5 Å². The van der Waals surface area contributed by atoms with Crippen molar-refractivity contribution in [2.24, 2.45) is 5.73 Å². The summed E-state index contributed by atoms with van der Waals surface area (Å²) in [5.41, 5.74) is 6.70. The second kappa shape index (κ2) is 5.07. The van der Waals surface area contributed by atoms with Gasteiger partial charge in [-0.05, 0) is 17.7 Å². The van der Waals surface area contributed by atoms with Crippen molar-refractivity contribution in [1.82, 2.24) is 4.90 Å². The van der Waals surface area contributed by atoms with Gasteiger partial charge >= 0.3 is 12.0 Å². The van der Waals surface area contributed by atoms with E-state index in [0.717, 1.165) is 15.4 Å². The number of nitrogens with zero attached hydrogens (tertiary/aromatic N) is 2. The number of carbonyl (C=O) groups excluding carboxylic acids is 2. The third kappa shape index (κ3) is 2.55. The molecule has 1 fully saturated rings. The smallest absolute Gasteiger partial charge is 0.332 e. The Kier molecular flexibility index (Phi) is 3.48. The molecule has 100 valence electrons. The summed E-state index contributed by atoms with van der Waals surface area (Å²) in [4.78, 5) is 36.4. The Hall–Kier alpha value is -2.41. The predicted molar refractivity (Wildman–Crippen MR) is 66.4 cm³/mol. The Morgan fingerprint density at radius 3 is 2.74 bits per heavy atom. The molecule has 0 radical (unpaired) electrons. The lowest BCUT2D eigenvalue weighted by atomic mass is 10.2. The van der Waals surface area contributed by atoms with Gasteiger partial charge in [-0.25, -0.2) is 9.69 Å². The zero-order valence-electron chi connectivity index (χ0n) is 10.1. The topological polar surface area (TPSA) is 104 Å². The summed E-state index contributed by atoms with van der Waals surface area (Å²) in [5.74, 6) is -1.60. The molecule has 3 amide bonds. The van der Waals surface area contributed by atoms with E-state index in [1.54, 1.807) is 24.3 Å². The SMILES string of the molecule is NCc1cccc(N2C(=O)CN(CC(=O)O)C2=O)c1. The number of carbonyl (C=O) groups is 3. The fraction of sp³-hybridized carbons (Fsp3) is 0.250. The van der Waals surface area contributed by atoms with E-state index >= 15 is 0 Å². The first-order valence-electron chi connectivity index (χ1n) is 5.65. The minimum absolute atomic E-state index is 0.224. The van der Waals surface area contributed by atoms with Gasteiger partial charge in [-0.1, -0.05) is 12.1 Å². The van der Waals surface area contributed by atoms with E-state index in [0.29, 0.717) is 12.2 Å². The fourth-order valence-corrected chi connectivity index (χ4v) is 1.91. The summed E-state index contributed by atoms with van der Waals surface area (Å²) in [6.45, 7) is -0.418. The van der Waals surface area contributed by atoms with Crippen molar-refractivity contribution in [2.45, 2.75) is 6.54 Å². The summed E-state index contributed by atoms with van der Waals surface area (Å²) >= 11 is 0. The maximum atomic E-state index is 12.0. The van der Waals surface area contributed by atoms with Gasteiger partial charge in [0.05, 0.1) is 5.69 Å². The van der Waals surface area contributed by atoms with Crippen molar-refractivity contribution in [3.05, 3.63) is 29.8 Å². The molecule has 0 spiro atoms. The van der Waals surface area contributed by atoms with Gasteiger partial charge in [0.1, 0.15) is 13.1 Å². The minimum atomic E-state index is -1.15. The highest BCUT2D eigenvalue weighted by molar-refractivity contribution is 6.20. The molecule has 7 nitrogen and oxygen atoms in total. The van der Waals surface area contributed by atoms with Crippen LogP contribution in [0.3, 0.4) is 0 Å². The van der Waals surface area contributed by atoms with Crippen LogP contribution >= 0.6 is 0 Å². The molecule has 1 aliphatic rings. The first-order valence-corrected chi connectivity index (χ1v) is 5.65. The van der Waals surface area contributed by atoms with Crippen LogP contribution in [-0.2, 0) is 16.1 Å². The van der Waals surface area contributed by atoms with E-state index in [2.05, 4.69) is 0 Å². The van der Waals surface area contributed by atoms with Gasteiger partial charge in [-0.3, -0.25) is 9.59 Å². The van der Waals surface area contributed by atoms with Gasteiger partial charge < -0.3 is 15.7 Å². The van der Waals surface area contributed by atoms with Gasteiger partial charge in [0.15, 0.2) is 0 Å². The summed E-state index contributed by atoms with van der Waals surface area (Å²) < 4.78 is 0. The molecule has 1 heterocycles. The number of amides is 3. The number of hydrogen-bond donors (Lipinski definition) is 2. The van der Waals surface area contributed by atoms with Gasteiger partial charge in [0.25, 0.3) is 5.91 Å². The Morgan fingerprint density at radius 1 is 1.37 bits per heavy atom. The molecular formula is C12H13N3O4. The van der Waals surface area contributed by atoms with Crippen LogP contribution in [0.25, 0.3) is 0 Å². The van der Waals surface area contributed by atoms with E-state index in [4.69, 9.17) is 10.8 Å². The van der Waals surface area contributed by atoms with Crippen LogP contribution < -0.4 is 10.6 Å². The normalized spacial score (nSPS) is 15.2. The number of rotatable bonds is 4. The number of nitrogens with two attached hydrogens (primary N) is 1. The number of benzene rings is 1. The summed E-state index contributed by atoms with van der Waals surface area (Å²) in [5, 5.41) is 8.68. The van der Waals surface area contributed by atoms with Crippen molar-refractivity contribution < 1.29 is 19.5 Å². The Morgan fingerprint density at radius 2 is 2.11 bits per heavy atom. The van der Waals surface area contributed by atoms with Crippen molar-refractivity contribution in [3.8, 4) is 0 Å². The average Bonchev–Trinajstić information content (AvgIpc) is 2.64. The molecule has 0 atom stereocenters. The number of urea groups is 1. The molecule has 1 aromatic carbocycles. The molecule has 3 N–H and O–H groups in total. The highest BCUT2D eigenvalue weighted by Gasteiger charge is 2.37. The third-order valence-electron chi connectivity index (χ3n) is 2.77. The molecule has 7 heteroatoms. The number of imide groups is 1. The molecule has 1 aliphatic heterocycles. The van der Waals surface area contributed by atoms with Gasteiger partial charge in [-0.15, -0.1) is 0 Å². The van der Waals surface area contributed by atoms with E-state index in [1.165, 1.54) is 0 Å². The molecule has 1 aromatic rings. The summed E-state index contributed by atoms with van der Waals surface area (Å²) in [7, 11) is 0. The maximum absolute atomic E-state index is 12.0. The molecule has 0 aliphatic carbocycles. The monoisotopic (exact) mass is 263 g/mol. The highest BCUT2D eigenvalue weighted by Crippen LogP contribution is 2.22. The zero-order valence-corrected chi connectivity index (χ0v) is 10.1. The van der Waals surface area contributed by atoms with Crippen LogP contribution in [0.2, 0.25) is 0 Å². The van der Waals surface area contributed by atoms with Crippen molar-refractivity contribution in [3.63, 3.8) is 0 Å². The molecule has 0 aromatic heterocycles. The first-order chi connectivity index (χ1) is 9.02. The third-order valence-corrected chi connectivity index (χ3v) is 2.77. The van der Waals surface area contributed by atoms with Crippen LogP contribution in [0, 0.1) is 0 Å². The largest absolute Gasteiger partial charge is 0.480 e. The lowest BCUT2D eigenvalue weighted by Crippen LogP contribution is -2.35. The fourth-order valence-electron chi connectivity index (χ4n) is 1.91.